The molecule has 24 heavy (non-hydrogen) atoms. The van der Waals surface area contributed by atoms with Crippen LogP contribution in [0.15, 0.2) is 36.7 Å². The lowest BCUT2D eigenvalue weighted by Gasteiger charge is -2.07. The van der Waals surface area contributed by atoms with Crippen LogP contribution in [0.5, 0.6) is 0 Å². The van der Waals surface area contributed by atoms with Crippen LogP contribution in [-0.2, 0) is 35.0 Å². The van der Waals surface area contributed by atoms with E-state index < -0.39 is 23.5 Å². The van der Waals surface area contributed by atoms with Crippen molar-refractivity contribution in [3.8, 4) is 0 Å². The molecular weight excluding hydrogens is 325 g/mol. The number of alkyl halides is 3. The molecule has 0 aliphatic carbocycles. The summed E-state index contributed by atoms with van der Waals surface area (Å²) < 4.78 is 37.5. The number of halogens is 3. The van der Waals surface area contributed by atoms with Crippen LogP contribution in [0.25, 0.3) is 0 Å². The Kier molecular flexibility index (Phi) is 5.28. The van der Waals surface area contributed by atoms with Crippen LogP contribution < -0.4 is 0 Å². The van der Waals surface area contributed by atoms with E-state index in [9.17, 15) is 22.8 Å². The molecular formula is C16H13F3N2O3. The first-order valence-electron chi connectivity index (χ1n) is 6.98. The molecule has 0 unspecified atom stereocenters. The van der Waals surface area contributed by atoms with E-state index in [2.05, 4.69) is 9.97 Å². The van der Waals surface area contributed by atoms with Gasteiger partial charge in [0.05, 0.1) is 17.7 Å². The van der Waals surface area contributed by atoms with Gasteiger partial charge in [0.1, 0.15) is 6.33 Å². The van der Waals surface area contributed by atoms with E-state index in [1.165, 1.54) is 24.5 Å². The van der Waals surface area contributed by atoms with E-state index in [0.29, 0.717) is 29.8 Å². The first-order valence-corrected chi connectivity index (χ1v) is 6.98. The Morgan fingerprint density at radius 3 is 2.21 bits per heavy atom. The van der Waals surface area contributed by atoms with Crippen molar-refractivity contribution in [2.75, 3.05) is 0 Å². The van der Waals surface area contributed by atoms with E-state index in [4.69, 9.17) is 5.11 Å². The Hall–Kier alpha value is -2.77. The first kappa shape index (κ1) is 17.6. The summed E-state index contributed by atoms with van der Waals surface area (Å²) in [6.45, 7) is 0. The van der Waals surface area contributed by atoms with Crippen molar-refractivity contribution in [1.82, 2.24) is 9.97 Å². The molecule has 0 amide bonds. The Morgan fingerprint density at radius 1 is 1.00 bits per heavy atom. The number of rotatable bonds is 6. The van der Waals surface area contributed by atoms with Gasteiger partial charge in [-0.3, -0.25) is 4.79 Å². The molecule has 1 N–H and O–H groups in total. The molecule has 0 saturated heterocycles. The standard InChI is InChI=1S/C16H13F3N2O3/c17-16(18,19)11-4-1-10(2-5-11)3-6-12-7-13(21-9-20-12)8-14(22)15(23)24/h1-2,4-5,7,9H,3,6,8H2,(H,23,24). The number of nitrogens with zero attached hydrogens (tertiary/aromatic N) is 2. The van der Waals surface area contributed by atoms with Gasteiger partial charge >= 0.3 is 12.1 Å². The number of Topliss-reactive ketones (excluding diaryl/α,β-unsaturated/α-hetero) is 1. The van der Waals surface area contributed by atoms with Crippen molar-refractivity contribution in [2.24, 2.45) is 0 Å². The van der Waals surface area contributed by atoms with Crippen LogP contribution in [0.3, 0.4) is 0 Å². The smallest absolute Gasteiger partial charge is 0.416 e. The Labute approximate surface area is 135 Å². The van der Waals surface area contributed by atoms with Crippen LogP contribution in [0, 0.1) is 0 Å². The summed E-state index contributed by atoms with van der Waals surface area (Å²) in [7, 11) is 0. The van der Waals surface area contributed by atoms with Gasteiger partial charge in [-0.2, -0.15) is 13.2 Å². The zero-order valence-corrected chi connectivity index (χ0v) is 12.4. The minimum atomic E-state index is -4.36. The van der Waals surface area contributed by atoms with Gasteiger partial charge in [-0.25, -0.2) is 14.8 Å². The molecule has 0 radical (unpaired) electrons. The van der Waals surface area contributed by atoms with Crippen molar-refractivity contribution >= 4 is 11.8 Å². The average Bonchev–Trinajstić information content (AvgIpc) is 2.53. The number of hydrogen-bond acceptors (Lipinski definition) is 4. The number of benzene rings is 1. The van der Waals surface area contributed by atoms with Crippen LogP contribution in [0.2, 0.25) is 0 Å². The number of carboxylic acids is 1. The Balaban J connectivity index is 1.99. The number of aliphatic carboxylic acids is 1. The Morgan fingerprint density at radius 2 is 1.62 bits per heavy atom. The summed E-state index contributed by atoms with van der Waals surface area (Å²) in [5.74, 6) is -2.50. The van der Waals surface area contributed by atoms with Gasteiger partial charge in [0, 0.05) is 5.69 Å². The van der Waals surface area contributed by atoms with Crippen molar-refractivity contribution < 1.29 is 27.9 Å². The van der Waals surface area contributed by atoms with Crippen LogP contribution >= 0.6 is 0 Å². The maximum Gasteiger partial charge on any atom is 0.416 e. The zero-order chi connectivity index (χ0) is 17.7. The topological polar surface area (TPSA) is 80.1 Å². The molecule has 2 aromatic rings. The molecule has 0 saturated carbocycles. The quantitative estimate of drug-likeness (QED) is 0.819. The number of carbonyl (C=O) groups is 2. The number of aryl methyl sites for hydroxylation is 2. The second-order valence-electron chi connectivity index (χ2n) is 5.10. The van der Waals surface area contributed by atoms with E-state index in [-0.39, 0.29) is 6.42 Å². The fourth-order valence-corrected chi connectivity index (χ4v) is 2.05. The third kappa shape index (κ3) is 4.87. The normalized spacial score (nSPS) is 11.3. The molecule has 1 aromatic carbocycles. The summed E-state index contributed by atoms with van der Waals surface area (Å²) in [5, 5.41) is 8.57. The average molecular weight is 338 g/mol. The third-order valence-corrected chi connectivity index (χ3v) is 3.31. The molecule has 5 nitrogen and oxygen atoms in total. The number of aromatic nitrogens is 2. The van der Waals surface area contributed by atoms with Crippen LogP contribution in [0.4, 0.5) is 13.2 Å². The molecule has 0 aliphatic heterocycles. The van der Waals surface area contributed by atoms with Gasteiger partial charge in [-0.15, -0.1) is 0 Å². The van der Waals surface area contributed by atoms with Gasteiger partial charge in [-0.05, 0) is 36.6 Å². The van der Waals surface area contributed by atoms with Gasteiger partial charge in [0.2, 0.25) is 5.78 Å². The largest absolute Gasteiger partial charge is 0.475 e. The van der Waals surface area contributed by atoms with E-state index >= 15 is 0 Å². The molecule has 2 rings (SSSR count). The summed E-state index contributed by atoms with van der Waals surface area (Å²) in [6.07, 6.45) is -2.57. The highest BCUT2D eigenvalue weighted by Gasteiger charge is 2.29. The number of ketones is 1. The highest BCUT2D eigenvalue weighted by Crippen LogP contribution is 2.29. The summed E-state index contributed by atoms with van der Waals surface area (Å²) in [5.41, 5.74) is 0.880. The zero-order valence-electron chi connectivity index (χ0n) is 12.4. The van der Waals surface area contributed by atoms with Crippen LogP contribution in [0.1, 0.15) is 22.5 Å². The van der Waals surface area contributed by atoms with Crippen molar-refractivity contribution in [2.45, 2.75) is 25.4 Å². The van der Waals surface area contributed by atoms with E-state index in [1.807, 2.05) is 0 Å². The van der Waals surface area contributed by atoms with E-state index in [1.54, 1.807) is 0 Å². The van der Waals surface area contributed by atoms with Gasteiger partial charge in [-0.1, -0.05) is 12.1 Å². The molecule has 8 heteroatoms. The Bertz CT molecular complexity index is 743. The number of carboxylic acid groups (broad SMARTS) is 1. The summed E-state index contributed by atoms with van der Waals surface area (Å²) in [4.78, 5) is 29.5. The van der Waals surface area contributed by atoms with Crippen LogP contribution in [-0.4, -0.2) is 26.8 Å². The molecule has 0 bridgehead atoms. The maximum absolute atomic E-state index is 12.5. The SMILES string of the molecule is O=C(O)C(=O)Cc1cc(CCc2ccc(C(F)(F)F)cc2)ncn1. The lowest BCUT2D eigenvalue weighted by atomic mass is 10.0. The molecule has 1 aromatic heterocycles. The fourth-order valence-electron chi connectivity index (χ4n) is 2.05. The number of hydrogen-bond donors (Lipinski definition) is 1. The summed E-state index contributed by atoms with van der Waals surface area (Å²) >= 11 is 0. The van der Waals surface area contributed by atoms with Gasteiger partial charge in [0.15, 0.2) is 0 Å². The molecule has 0 spiro atoms. The maximum atomic E-state index is 12.5. The second-order valence-corrected chi connectivity index (χ2v) is 5.10. The lowest BCUT2D eigenvalue weighted by molar-refractivity contribution is -0.148. The molecule has 0 aliphatic rings. The van der Waals surface area contributed by atoms with Crippen molar-refractivity contribution in [3.05, 3.63) is 59.2 Å². The highest BCUT2D eigenvalue weighted by atomic mass is 19.4. The highest BCUT2D eigenvalue weighted by molar-refractivity contribution is 6.33. The minimum Gasteiger partial charge on any atom is -0.475 e. The molecule has 126 valence electrons. The molecule has 0 fully saturated rings. The predicted molar refractivity (Wildman–Crippen MR) is 77.2 cm³/mol. The third-order valence-electron chi connectivity index (χ3n) is 3.31. The lowest BCUT2D eigenvalue weighted by Crippen LogP contribution is -2.16. The predicted octanol–water partition coefficient (Wildman–Crippen LogP) is 2.48. The van der Waals surface area contributed by atoms with Gasteiger partial charge in [0.25, 0.3) is 0 Å². The van der Waals surface area contributed by atoms with Crippen molar-refractivity contribution in [3.63, 3.8) is 0 Å². The number of carbonyl (C=O) groups excluding carboxylic acids is 1. The van der Waals surface area contributed by atoms with Gasteiger partial charge < -0.3 is 5.11 Å². The molecule has 0 atom stereocenters. The summed E-state index contributed by atoms with van der Waals surface area (Å²) in [6, 6.07) is 6.36. The molecule has 1 heterocycles. The van der Waals surface area contributed by atoms with Crippen molar-refractivity contribution in [1.29, 1.82) is 0 Å². The monoisotopic (exact) mass is 338 g/mol. The fraction of sp³-hybridized carbons (Fsp3) is 0.250. The second kappa shape index (κ2) is 7.20. The first-order chi connectivity index (χ1) is 11.3. The van der Waals surface area contributed by atoms with E-state index in [0.717, 1.165) is 12.1 Å². The minimum absolute atomic E-state index is 0.291.